The quantitative estimate of drug-likeness (QED) is 0.450. The Kier molecular flexibility index (Phi) is 5.23. The lowest BCUT2D eigenvalue weighted by Crippen LogP contribution is -2.11. The molecule has 1 aliphatic carbocycles. The van der Waals surface area contributed by atoms with Crippen LogP contribution >= 0.6 is 11.6 Å². The van der Waals surface area contributed by atoms with Crippen molar-refractivity contribution in [1.29, 1.82) is 0 Å². The Morgan fingerprint density at radius 1 is 1.13 bits per heavy atom. The van der Waals surface area contributed by atoms with Crippen LogP contribution in [-0.4, -0.2) is 43.4 Å². The van der Waals surface area contributed by atoms with E-state index in [-0.39, 0.29) is 5.28 Å². The molecular formula is C22H25ClN8. The van der Waals surface area contributed by atoms with Gasteiger partial charge in [-0.25, -0.2) is 9.67 Å². The number of hydrogen-bond acceptors (Lipinski definition) is 6. The van der Waals surface area contributed by atoms with E-state index in [0.717, 1.165) is 41.1 Å². The summed E-state index contributed by atoms with van der Waals surface area (Å²) in [6.45, 7) is 0.562. The van der Waals surface area contributed by atoms with Crippen LogP contribution in [-0.2, 0) is 6.54 Å². The SMILES string of the molecule is CN(C)c1ccn(-c2ccccc2CNc2nc(Cl)nc3c2ncn3C2CCCC2)n1. The molecule has 0 bridgehead atoms. The number of rotatable bonds is 6. The summed E-state index contributed by atoms with van der Waals surface area (Å²) >= 11 is 6.28. The monoisotopic (exact) mass is 436 g/mol. The second kappa shape index (κ2) is 8.19. The first-order valence-corrected chi connectivity index (χ1v) is 10.9. The first-order chi connectivity index (χ1) is 15.1. The van der Waals surface area contributed by atoms with Gasteiger partial charge in [0.1, 0.15) is 5.82 Å². The van der Waals surface area contributed by atoms with Crippen molar-refractivity contribution >= 4 is 34.4 Å². The van der Waals surface area contributed by atoms with Gasteiger partial charge in [0.05, 0.1) is 12.0 Å². The standard InChI is InChI=1S/C22H25ClN8/c1-29(2)18-11-12-31(28-18)17-10-6-3-7-15(17)13-24-20-19-21(27-22(23)26-20)30(14-25-19)16-8-4-5-9-16/h3,6-7,10-12,14,16H,4-5,8-9,13H2,1-2H3,(H,24,26,27). The molecule has 0 spiro atoms. The van der Waals surface area contributed by atoms with Gasteiger partial charge in [0.25, 0.3) is 0 Å². The van der Waals surface area contributed by atoms with Gasteiger partial charge in [-0.2, -0.15) is 15.1 Å². The molecule has 1 aromatic carbocycles. The van der Waals surface area contributed by atoms with Crippen molar-refractivity contribution in [2.75, 3.05) is 24.3 Å². The van der Waals surface area contributed by atoms with Crippen LogP contribution in [0.1, 0.15) is 37.3 Å². The first-order valence-electron chi connectivity index (χ1n) is 10.6. The van der Waals surface area contributed by atoms with Gasteiger partial charge in [-0.1, -0.05) is 31.0 Å². The van der Waals surface area contributed by atoms with Gasteiger partial charge < -0.3 is 14.8 Å². The normalized spacial score (nSPS) is 14.4. The average Bonchev–Trinajstić information content (AvgIpc) is 3.52. The maximum Gasteiger partial charge on any atom is 0.226 e. The van der Waals surface area contributed by atoms with E-state index in [1.54, 1.807) is 0 Å². The molecule has 3 aromatic heterocycles. The summed E-state index contributed by atoms with van der Waals surface area (Å²) < 4.78 is 4.05. The first kappa shape index (κ1) is 19.8. The third kappa shape index (κ3) is 3.83. The van der Waals surface area contributed by atoms with Crippen molar-refractivity contribution < 1.29 is 0 Å². The van der Waals surface area contributed by atoms with Gasteiger partial charge in [0.2, 0.25) is 5.28 Å². The zero-order valence-electron chi connectivity index (χ0n) is 17.7. The molecule has 31 heavy (non-hydrogen) atoms. The Morgan fingerprint density at radius 3 is 2.71 bits per heavy atom. The lowest BCUT2D eigenvalue weighted by molar-refractivity contribution is 0.529. The zero-order valence-corrected chi connectivity index (χ0v) is 18.4. The summed E-state index contributed by atoms with van der Waals surface area (Å²) in [6.07, 6.45) is 8.64. The van der Waals surface area contributed by atoms with Crippen LogP contribution in [0.2, 0.25) is 5.28 Å². The Labute approximate surface area is 185 Å². The maximum absolute atomic E-state index is 6.28. The number of para-hydroxylation sites is 1. The molecular weight excluding hydrogens is 412 g/mol. The minimum absolute atomic E-state index is 0.228. The lowest BCUT2D eigenvalue weighted by Gasteiger charge is -2.13. The summed E-state index contributed by atoms with van der Waals surface area (Å²) in [5, 5.41) is 8.31. The maximum atomic E-state index is 6.28. The van der Waals surface area contributed by atoms with Crippen LogP contribution < -0.4 is 10.2 Å². The third-order valence-corrected chi connectivity index (χ3v) is 6.00. The van der Waals surface area contributed by atoms with Crippen LogP contribution in [0.3, 0.4) is 0 Å². The van der Waals surface area contributed by atoms with Gasteiger partial charge >= 0.3 is 0 Å². The molecule has 1 aliphatic rings. The van der Waals surface area contributed by atoms with E-state index in [2.05, 4.69) is 42.1 Å². The third-order valence-electron chi connectivity index (χ3n) is 5.83. The fraction of sp³-hybridized carbons (Fsp3) is 0.364. The van der Waals surface area contributed by atoms with Crippen LogP contribution in [0.15, 0.2) is 42.9 Å². The van der Waals surface area contributed by atoms with E-state index in [0.29, 0.717) is 18.4 Å². The number of anilines is 2. The fourth-order valence-corrected chi connectivity index (χ4v) is 4.38. The van der Waals surface area contributed by atoms with Crippen molar-refractivity contribution in [1.82, 2.24) is 29.3 Å². The van der Waals surface area contributed by atoms with E-state index in [1.165, 1.54) is 12.8 Å². The minimum Gasteiger partial charge on any atom is -0.364 e. The van der Waals surface area contributed by atoms with Crippen molar-refractivity contribution in [2.45, 2.75) is 38.3 Å². The molecule has 1 fully saturated rings. The summed E-state index contributed by atoms with van der Waals surface area (Å²) in [6, 6.07) is 10.6. The van der Waals surface area contributed by atoms with Gasteiger partial charge in [-0.05, 0) is 36.1 Å². The average molecular weight is 437 g/mol. The highest BCUT2D eigenvalue weighted by atomic mass is 35.5. The van der Waals surface area contributed by atoms with Crippen molar-refractivity contribution in [2.24, 2.45) is 0 Å². The van der Waals surface area contributed by atoms with E-state index >= 15 is 0 Å². The largest absolute Gasteiger partial charge is 0.364 e. The number of imidazole rings is 1. The van der Waals surface area contributed by atoms with Crippen molar-refractivity contribution in [3.8, 4) is 5.69 Å². The second-order valence-electron chi connectivity index (χ2n) is 8.10. The zero-order chi connectivity index (χ0) is 21.4. The molecule has 0 unspecified atom stereocenters. The smallest absolute Gasteiger partial charge is 0.226 e. The molecule has 0 amide bonds. The lowest BCUT2D eigenvalue weighted by atomic mass is 10.2. The molecule has 1 saturated carbocycles. The minimum atomic E-state index is 0.228. The number of benzene rings is 1. The van der Waals surface area contributed by atoms with Gasteiger partial charge in [0.15, 0.2) is 17.0 Å². The number of hydrogen-bond donors (Lipinski definition) is 1. The Morgan fingerprint density at radius 2 is 1.94 bits per heavy atom. The molecule has 160 valence electrons. The highest BCUT2D eigenvalue weighted by molar-refractivity contribution is 6.28. The van der Waals surface area contributed by atoms with Crippen LogP contribution in [0.4, 0.5) is 11.6 Å². The highest BCUT2D eigenvalue weighted by Crippen LogP contribution is 2.33. The van der Waals surface area contributed by atoms with Crippen LogP contribution in [0, 0.1) is 0 Å². The fourth-order valence-electron chi connectivity index (χ4n) is 4.21. The van der Waals surface area contributed by atoms with E-state index in [9.17, 15) is 0 Å². The summed E-state index contributed by atoms with van der Waals surface area (Å²) in [4.78, 5) is 15.5. The Balaban J connectivity index is 1.44. The molecule has 3 heterocycles. The van der Waals surface area contributed by atoms with Gasteiger partial charge in [0, 0.05) is 38.9 Å². The molecule has 5 rings (SSSR count). The van der Waals surface area contributed by atoms with E-state index in [1.807, 2.05) is 54.4 Å². The van der Waals surface area contributed by atoms with Crippen LogP contribution in [0.5, 0.6) is 0 Å². The predicted octanol–water partition coefficient (Wildman–Crippen LogP) is 4.46. The van der Waals surface area contributed by atoms with E-state index in [4.69, 9.17) is 11.6 Å². The van der Waals surface area contributed by atoms with E-state index < -0.39 is 0 Å². The molecule has 0 atom stereocenters. The number of aromatic nitrogens is 6. The molecule has 0 saturated heterocycles. The summed E-state index contributed by atoms with van der Waals surface area (Å²) in [5.74, 6) is 1.56. The van der Waals surface area contributed by atoms with Crippen molar-refractivity contribution in [3.05, 3.63) is 53.7 Å². The number of nitrogens with one attached hydrogen (secondary N) is 1. The molecule has 0 aliphatic heterocycles. The molecule has 9 heteroatoms. The molecule has 1 N–H and O–H groups in total. The highest BCUT2D eigenvalue weighted by Gasteiger charge is 2.21. The van der Waals surface area contributed by atoms with Crippen LogP contribution in [0.25, 0.3) is 16.9 Å². The predicted molar refractivity (Wildman–Crippen MR) is 123 cm³/mol. The van der Waals surface area contributed by atoms with Gasteiger partial charge in [-0.15, -0.1) is 0 Å². The number of halogens is 1. The number of fused-ring (bicyclic) bond motifs is 1. The van der Waals surface area contributed by atoms with Crippen molar-refractivity contribution in [3.63, 3.8) is 0 Å². The van der Waals surface area contributed by atoms with Gasteiger partial charge in [-0.3, -0.25) is 0 Å². The second-order valence-corrected chi connectivity index (χ2v) is 8.44. The molecule has 0 radical (unpaired) electrons. The number of nitrogens with zero attached hydrogens (tertiary/aromatic N) is 7. The summed E-state index contributed by atoms with van der Waals surface area (Å²) in [7, 11) is 3.96. The summed E-state index contributed by atoms with van der Waals surface area (Å²) in [5.41, 5.74) is 3.65. The topological polar surface area (TPSA) is 76.7 Å². The molecule has 4 aromatic rings. The Hall–Kier alpha value is -3.13. The Bertz CT molecular complexity index is 1210. The molecule has 8 nitrogen and oxygen atoms in total.